The number of nitrogens with zero attached hydrogens (tertiary/aromatic N) is 5. The number of ether oxygens (including phenoxy) is 1. The molecule has 4 aromatic heterocycles. The van der Waals surface area contributed by atoms with E-state index in [0.29, 0.717) is 18.2 Å². The van der Waals surface area contributed by atoms with Gasteiger partial charge in [-0.05, 0) is 56.6 Å². The van der Waals surface area contributed by atoms with Crippen LogP contribution in [-0.4, -0.2) is 38.1 Å². The third-order valence-corrected chi connectivity index (χ3v) is 7.08. The summed E-state index contributed by atoms with van der Waals surface area (Å²) in [6.07, 6.45) is 2.75. The zero-order valence-electron chi connectivity index (χ0n) is 18.3. The molecule has 0 radical (unpaired) electrons. The van der Waals surface area contributed by atoms with E-state index in [0.717, 1.165) is 52.4 Å². The molecule has 0 amide bonds. The van der Waals surface area contributed by atoms with Crippen molar-refractivity contribution < 1.29 is 9.15 Å². The van der Waals surface area contributed by atoms with Crippen LogP contribution in [0.5, 0.6) is 5.75 Å². The van der Waals surface area contributed by atoms with Crippen LogP contribution in [0.15, 0.2) is 41.1 Å². The molecule has 0 aliphatic carbocycles. The van der Waals surface area contributed by atoms with Gasteiger partial charge in [-0.1, -0.05) is 17.7 Å². The van der Waals surface area contributed by atoms with Gasteiger partial charge in [0, 0.05) is 18.0 Å². The van der Waals surface area contributed by atoms with E-state index in [2.05, 4.69) is 35.0 Å². The van der Waals surface area contributed by atoms with Gasteiger partial charge >= 0.3 is 0 Å². The first-order valence-electron chi connectivity index (χ1n) is 10.7. The van der Waals surface area contributed by atoms with E-state index >= 15 is 0 Å². The van der Waals surface area contributed by atoms with Crippen LogP contribution >= 0.6 is 11.3 Å². The summed E-state index contributed by atoms with van der Waals surface area (Å²) in [6.45, 7) is 6.49. The number of thiophene rings is 1. The maximum Gasteiger partial charge on any atom is 0.217 e. The second-order valence-corrected chi connectivity index (χ2v) is 9.53. The monoisotopic (exact) mass is 445 g/mol. The summed E-state index contributed by atoms with van der Waals surface area (Å²) in [6, 6.07) is 9.97. The summed E-state index contributed by atoms with van der Waals surface area (Å²) in [4.78, 5) is 14.2. The quantitative estimate of drug-likeness (QED) is 0.396. The molecule has 0 bridgehead atoms. The first-order chi connectivity index (χ1) is 15.5. The molecule has 5 heterocycles. The van der Waals surface area contributed by atoms with Crippen molar-refractivity contribution in [3.05, 3.63) is 64.0 Å². The topological polar surface area (TPSA) is 68.7 Å². The maximum absolute atomic E-state index is 6.02. The Morgan fingerprint density at radius 1 is 1.19 bits per heavy atom. The van der Waals surface area contributed by atoms with Crippen molar-refractivity contribution in [2.75, 3.05) is 13.6 Å². The summed E-state index contributed by atoms with van der Waals surface area (Å²) >= 11 is 1.76. The minimum atomic E-state index is 0.356. The summed E-state index contributed by atoms with van der Waals surface area (Å²) in [5, 5.41) is 5.76. The maximum atomic E-state index is 6.02. The number of likely N-dealkylation sites (N-methyl/N-ethyl adjacent to an activating group) is 1. The molecule has 1 aliphatic rings. The van der Waals surface area contributed by atoms with Crippen molar-refractivity contribution in [2.24, 2.45) is 0 Å². The molecule has 5 aromatic rings. The van der Waals surface area contributed by atoms with Crippen molar-refractivity contribution >= 4 is 27.2 Å². The predicted octanol–water partition coefficient (Wildman–Crippen LogP) is 4.78. The fourth-order valence-electron chi connectivity index (χ4n) is 4.31. The number of furan rings is 1. The molecule has 8 heteroatoms. The van der Waals surface area contributed by atoms with E-state index in [1.165, 1.54) is 16.0 Å². The van der Waals surface area contributed by atoms with E-state index in [1.807, 2.05) is 31.2 Å². The average molecular weight is 446 g/mol. The van der Waals surface area contributed by atoms with Crippen LogP contribution in [0.4, 0.5) is 0 Å². The third kappa shape index (κ3) is 3.27. The first-order valence-corrected chi connectivity index (χ1v) is 11.5. The molecule has 0 saturated heterocycles. The Balaban J connectivity index is 1.31. The van der Waals surface area contributed by atoms with Crippen LogP contribution in [0.2, 0.25) is 0 Å². The van der Waals surface area contributed by atoms with Gasteiger partial charge in [0.1, 0.15) is 29.3 Å². The van der Waals surface area contributed by atoms with Gasteiger partial charge in [-0.3, -0.25) is 0 Å². The number of hydrogen-bond donors (Lipinski definition) is 0. The Kier molecular flexibility index (Phi) is 4.51. The largest absolute Gasteiger partial charge is 0.485 e. The predicted molar refractivity (Wildman–Crippen MR) is 124 cm³/mol. The molecule has 0 N–H and O–H groups in total. The minimum Gasteiger partial charge on any atom is -0.485 e. The molecular weight excluding hydrogens is 422 g/mol. The molecule has 6 rings (SSSR count). The van der Waals surface area contributed by atoms with Gasteiger partial charge < -0.3 is 14.1 Å². The first kappa shape index (κ1) is 19.5. The molecule has 0 saturated carbocycles. The molecule has 32 heavy (non-hydrogen) atoms. The highest BCUT2D eigenvalue weighted by atomic mass is 32.1. The number of benzene rings is 1. The normalized spacial score (nSPS) is 14.3. The Morgan fingerprint density at radius 3 is 2.97 bits per heavy atom. The summed E-state index contributed by atoms with van der Waals surface area (Å²) in [5.74, 6) is 2.79. The van der Waals surface area contributed by atoms with E-state index in [1.54, 1.807) is 22.2 Å². The van der Waals surface area contributed by atoms with Crippen molar-refractivity contribution in [3.8, 4) is 17.3 Å². The summed E-state index contributed by atoms with van der Waals surface area (Å²) < 4.78 is 13.7. The molecular formula is C24H23N5O2S. The van der Waals surface area contributed by atoms with Gasteiger partial charge in [-0.2, -0.15) is 0 Å². The van der Waals surface area contributed by atoms with Gasteiger partial charge in [0.25, 0.3) is 0 Å². The highest BCUT2D eigenvalue weighted by Gasteiger charge is 2.23. The smallest absolute Gasteiger partial charge is 0.217 e. The van der Waals surface area contributed by atoms with Crippen molar-refractivity contribution in [1.29, 1.82) is 0 Å². The molecule has 0 spiro atoms. The zero-order chi connectivity index (χ0) is 21.8. The highest BCUT2D eigenvalue weighted by molar-refractivity contribution is 7.19. The van der Waals surface area contributed by atoms with Crippen molar-refractivity contribution in [2.45, 2.75) is 33.4 Å². The Morgan fingerprint density at radius 2 is 2.09 bits per heavy atom. The van der Waals surface area contributed by atoms with Gasteiger partial charge in [-0.25, -0.2) is 14.5 Å². The molecule has 0 atom stereocenters. The van der Waals surface area contributed by atoms with Gasteiger partial charge in [0.15, 0.2) is 11.4 Å². The molecule has 0 fully saturated rings. The van der Waals surface area contributed by atoms with Crippen LogP contribution in [0.1, 0.15) is 27.3 Å². The fraction of sp³-hybridized carbons (Fsp3) is 0.292. The van der Waals surface area contributed by atoms with Gasteiger partial charge in [0.05, 0.1) is 5.39 Å². The number of aromatic nitrogens is 4. The van der Waals surface area contributed by atoms with Gasteiger partial charge in [0.2, 0.25) is 5.82 Å². The molecule has 0 unspecified atom stereocenters. The molecule has 162 valence electrons. The second kappa shape index (κ2) is 7.43. The molecule has 1 aliphatic heterocycles. The lowest BCUT2D eigenvalue weighted by Gasteiger charge is -2.21. The lowest BCUT2D eigenvalue weighted by atomic mass is 10.1. The number of aryl methyl sites for hydroxylation is 2. The Bertz CT molecular complexity index is 1460. The number of fused-ring (bicyclic) bond motifs is 5. The third-order valence-electron chi connectivity index (χ3n) is 5.95. The van der Waals surface area contributed by atoms with Crippen LogP contribution < -0.4 is 4.74 Å². The van der Waals surface area contributed by atoms with Crippen LogP contribution in [0.25, 0.3) is 27.4 Å². The van der Waals surface area contributed by atoms with E-state index in [-0.39, 0.29) is 0 Å². The number of rotatable bonds is 4. The summed E-state index contributed by atoms with van der Waals surface area (Å²) in [7, 11) is 2.16. The minimum absolute atomic E-state index is 0.356. The van der Waals surface area contributed by atoms with Crippen molar-refractivity contribution in [1.82, 2.24) is 24.5 Å². The molecule has 7 nitrogen and oxygen atoms in total. The molecule has 1 aromatic carbocycles. The number of hydrogen-bond acceptors (Lipinski definition) is 7. The highest BCUT2D eigenvalue weighted by Crippen LogP contribution is 2.36. The van der Waals surface area contributed by atoms with Crippen LogP contribution in [0.3, 0.4) is 0 Å². The Hall–Kier alpha value is -3.23. The van der Waals surface area contributed by atoms with Crippen LogP contribution in [0, 0.1) is 13.8 Å². The van der Waals surface area contributed by atoms with Crippen molar-refractivity contribution in [3.63, 3.8) is 0 Å². The van der Waals surface area contributed by atoms with Gasteiger partial charge in [-0.15, -0.1) is 16.4 Å². The Labute approximate surface area is 189 Å². The standard InChI is InChI=1S/C24H23N5O2S/c1-14-4-6-18(15(2)10-14)30-12-16-5-7-19(31-16)22-26-23-21-17-8-9-28(3)11-20(17)32-24(21)25-13-29(23)27-22/h4-7,10,13H,8-9,11-12H2,1-3H3. The summed E-state index contributed by atoms with van der Waals surface area (Å²) in [5.41, 5.74) is 4.54. The van der Waals surface area contributed by atoms with E-state index in [4.69, 9.17) is 14.1 Å². The second-order valence-electron chi connectivity index (χ2n) is 8.44. The lowest BCUT2D eigenvalue weighted by molar-refractivity contribution is 0.270. The van der Waals surface area contributed by atoms with E-state index in [9.17, 15) is 0 Å². The van der Waals surface area contributed by atoms with E-state index < -0.39 is 0 Å². The zero-order valence-corrected chi connectivity index (χ0v) is 19.1. The van der Waals surface area contributed by atoms with Crippen LogP contribution in [-0.2, 0) is 19.6 Å². The average Bonchev–Trinajstić information content (AvgIpc) is 3.48. The lowest BCUT2D eigenvalue weighted by Crippen LogP contribution is -2.25. The SMILES string of the molecule is Cc1ccc(OCc2ccc(-c3nc4c5c6c(sc5ncn4n3)CN(C)CC6)o2)c(C)c1. The fourth-order valence-corrected chi connectivity index (χ4v) is 5.57.